The van der Waals surface area contributed by atoms with E-state index in [1.165, 1.54) is 0 Å². The molecule has 0 aliphatic carbocycles. The lowest BCUT2D eigenvalue weighted by molar-refractivity contribution is -0.117. The second kappa shape index (κ2) is 5.73. The Morgan fingerprint density at radius 2 is 1.76 bits per heavy atom. The number of nitrogens with one attached hydrogen (secondary N) is 1. The van der Waals surface area contributed by atoms with Gasteiger partial charge >= 0.3 is 0 Å². The Bertz CT molecular complexity index is 771. The minimum absolute atomic E-state index is 0.252. The summed E-state index contributed by atoms with van der Waals surface area (Å²) >= 11 is 0. The summed E-state index contributed by atoms with van der Waals surface area (Å²) in [6.45, 7) is 0. The summed E-state index contributed by atoms with van der Waals surface area (Å²) in [6, 6.07) is 18.2. The number of carbonyl (C=O) groups excluding carboxylic acids is 1. The molecule has 104 valence electrons. The third-order valence-corrected chi connectivity index (χ3v) is 3.30. The number of aromatic nitrogens is 1. The Kier molecular flexibility index (Phi) is 3.62. The first-order valence-electron chi connectivity index (χ1n) is 6.70. The third kappa shape index (κ3) is 2.90. The van der Waals surface area contributed by atoms with Crippen molar-refractivity contribution in [3.05, 3.63) is 72.4 Å². The number of hydrogen-bond donors (Lipinski definition) is 2. The van der Waals surface area contributed by atoms with Crippen LogP contribution in [0, 0.1) is 0 Å². The molecule has 0 saturated heterocycles. The smallest absolute Gasteiger partial charge is 0.245 e. The quantitative estimate of drug-likeness (QED) is 0.773. The van der Waals surface area contributed by atoms with Gasteiger partial charge < -0.3 is 11.1 Å². The zero-order valence-corrected chi connectivity index (χ0v) is 11.4. The Balaban J connectivity index is 1.80. The number of pyridine rings is 1. The molecule has 4 nitrogen and oxygen atoms in total. The zero-order valence-electron chi connectivity index (χ0n) is 11.4. The van der Waals surface area contributed by atoms with Crippen LogP contribution in [0.15, 0.2) is 66.9 Å². The van der Waals surface area contributed by atoms with Gasteiger partial charge in [0, 0.05) is 5.39 Å². The highest BCUT2D eigenvalue weighted by molar-refractivity contribution is 5.96. The number of carbonyl (C=O) groups is 1. The van der Waals surface area contributed by atoms with Crippen molar-refractivity contribution in [2.45, 2.75) is 6.04 Å². The van der Waals surface area contributed by atoms with Crippen molar-refractivity contribution in [3.63, 3.8) is 0 Å². The van der Waals surface area contributed by atoms with E-state index in [0.29, 0.717) is 5.69 Å². The molecule has 0 aliphatic heterocycles. The van der Waals surface area contributed by atoms with Crippen LogP contribution in [0.1, 0.15) is 11.6 Å². The van der Waals surface area contributed by atoms with E-state index in [-0.39, 0.29) is 5.91 Å². The van der Waals surface area contributed by atoms with Gasteiger partial charge in [-0.3, -0.25) is 9.78 Å². The first kappa shape index (κ1) is 13.3. The molecule has 0 bridgehead atoms. The summed E-state index contributed by atoms with van der Waals surface area (Å²) in [5.41, 5.74) is 8.28. The summed E-state index contributed by atoms with van der Waals surface area (Å²) in [5, 5.41) is 3.78. The van der Waals surface area contributed by atoms with Gasteiger partial charge in [0.2, 0.25) is 5.91 Å². The fourth-order valence-corrected chi connectivity index (χ4v) is 2.17. The molecule has 1 aromatic heterocycles. The first-order valence-corrected chi connectivity index (χ1v) is 6.70. The van der Waals surface area contributed by atoms with Gasteiger partial charge in [-0.1, -0.05) is 48.5 Å². The van der Waals surface area contributed by atoms with Crippen molar-refractivity contribution in [2.24, 2.45) is 5.73 Å². The predicted octanol–water partition coefficient (Wildman–Crippen LogP) is 2.87. The second-order valence-corrected chi connectivity index (χ2v) is 4.79. The van der Waals surface area contributed by atoms with Crippen LogP contribution in [0.2, 0.25) is 0 Å². The molecule has 1 heterocycles. The molecule has 0 spiro atoms. The SMILES string of the molecule is N[C@H](C(=O)Nc1cnc2ccccc2c1)c1ccccc1. The van der Waals surface area contributed by atoms with E-state index in [0.717, 1.165) is 16.5 Å². The van der Waals surface area contributed by atoms with Crippen LogP contribution in [0.3, 0.4) is 0 Å². The van der Waals surface area contributed by atoms with E-state index in [9.17, 15) is 4.79 Å². The van der Waals surface area contributed by atoms with Gasteiger partial charge in [-0.15, -0.1) is 0 Å². The lowest BCUT2D eigenvalue weighted by Crippen LogP contribution is -2.27. The topological polar surface area (TPSA) is 68.0 Å². The molecule has 2 aromatic carbocycles. The second-order valence-electron chi connectivity index (χ2n) is 4.79. The summed E-state index contributed by atoms with van der Waals surface area (Å²) in [4.78, 5) is 16.5. The maximum Gasteiger partial charge on any atom is 0.245 e. The molecule has 0 aliphatic rings. The molecule has 1 amide bonds. The number of anilines is 1. The van der Waals surface area contributed by atoms with Gasteiger partial charge in [0.05, 0.1) is 17.4 Å². The normalized spacial score (nSPS) is 12.0. The standard InChI is InChI=1S/C17H15N3O/c18-16(12-6-2-1-3-7-12)17(21)20-14-10-13-8-4-5-9-15(13)19-11-14/h1-11,16H,18H2,(H,20,21)/t16-/m0/s1. The Morgan fingerprint density at radius 1 is 1.05 bits per heavy atom. The van der Waals surface area contributed by atoms with Crippen LogP contribution >= 0.6 is 0 Å². The highest BCUT2D eigenvalue weighted by Crippen LogP contribution is 2.18. The molecule has 0 radical (unpaired) electrons. The third-order valence-electron chi connectivity index (χ3n) is 3.30. The van der Waals surface area contributed by atoms with Crippen molar-refractivity contribution < 1.29 is 4.79 Å². The molecular formula is C17H15N3O. The van der Waals surface area contributed by atoms with E-state index >= 15 is 0 Å². The molecular weight excluding hydrogens is 262 g/mol. The summed E-state index contributed by atoms with van der Waals surface area (Å²) < 4.78 is 0. The molecule has 3 aromatic rings. The van der Waals surface area contributed by atoms with Gasteiger partial charge in [-0.25, -0.2) is 0 Å². The number of benzene rings is 2. The summed E-state index contributed by atoms with van der Waals surface area (Å²) in [5.74, 6) is -0.252. The summed E-state index contributed by atoms with van der Waals surface area (Å²) in [7, 11) is 0. The maximum absolute atomic E-state index is 12.2. The zero-order chi connectivity index (χ0) is 14.7. The fraction of sp³-hybridized carbons (Fsp3) is 0.0588. The fourth-order valence-electron chi connectivity index (χ4n) is 2.17. The largest absolute Gasteiger partial charge is 0.323 e. The molecule has 1 atom stereocenters. The van der Waals surface area contributed by atoms with E-state index in [4.69, 9.17) is 5.73 Å². The van der Waals surface area contributed by atoms with Crippen molar-refractivity contribution in [2.75, 3.05) is 5.32 Å². The van der Waals surface area contributed by atoms with E-state index in [1.54, 1.807) is 6.20 Å². The van der Waals surface area contributed by atoms with Crippen molar-refractivity contribution in [1.29, 1.82) is 0 Å². The van der Waals surface area contributed by atoms with Crippen LogP contribution in [-0.2, 0) is 4.79 Å². The Hall–Kier alpha value is -2.72. The number of nitrogens with zero attached hydrogens (tertiary/aromatic N) is 1. The van der Waals surface area contributed by atoms with Gasteiger partial charge in [0.1, 0.15) is 6.04 Å². The molecule has 0 unspecified atom stereocenters. The van der Waals surface area contributed by atoms with Crippen LogP contribution in [-0.4, -0.2) is 10.9 Å². The lowest BCUT2D eigenvalue weighted by Gasteiger charge is -2.12. The van der Waals surface area contributed by atoms with Gasteiger partial charge in [0.25, 0.3) is 0 Å². The average molecular weight is 277 g/mol. The number of amides is 1. The van der Waals surface area contributed by atoms with Crippen molar-refractivity contribution >= 4 is 22.5 Å². The molecule has 4 heteroatoms. The number of fused-ring (bicyclic) bond motifs is 1. The summed E-state index contributed by atoms with van der Waals surface area (Å²) in [6.07, 6.45) is 1.64. The molecule has 3 N–H and O–H groups in total. The van der Waals surface area contributed by atoms with Crippen LogP contribution in [0.5, 0.6) is 0 Å². The monoisotopic (exact) mass is 277 g/mol. The molecule has 0 fully saturated rings. The highest BCUT2D eigenvalue weighted by atomic mass is 16.2. The van der Waals surface area contributed by atoms with Gasteiger partial charge in [-0.2, -0.15) is 0 Å². The first-order chi connectivity index (χ1) is 10.2. The van der Waals surface area contributed by atoms with Gasteiger partial charge in [-0.05, 0) is 17.7 Å². The molecule has 21 heavy (non-hydrogen) atoms. The minimum Gasteiger partial charge on any atom is -0.323 e. The van der Waals surface area contributed by atoms with E-state index < -0.39 is 6.04 Å². The molecule has 3 rings (SSSR count). The number of para-hydroxylation sites is 1. The number of rotatable bonds is 3. The Morgan fingerprint density at radius 3 is 2.57 bits per heavy atom. The van der Waals surface area contributed by atoms with Crippen molar-refractivity contribution in [3.8, 4) is 0 Å². The Labute approximate surface area is 122 Å². The van der Waals surface area contributed by atoms with E-state index in [1.807, 2.05) is 60.7 Å². The number of nitrogens with two attached hydrogens (primary N) is 1. The van der Waals surface area contributed by atoms with Crippen molar-refractivity contribution in [1.82, 2.24) is 4.98 Å². The van der Waals surface area contributed by atoms with E-state index in [2.05, 4.69) is 10.3 Å². The van der Waals surface area contributed by atoms with Crippen LogP contribution < -0.4 is 11.1 Å². The van der Waals surface area contributed by atoms with Gasteiger partial charge in [0.15, 0.2) is 0 Å². The molecule has 0 saturated carbocycles. The predicted molar refractivity (Wildman–Crippen MR) is 83.7 cm³/mol. The lowest BCUT2D eigenvalue weighted by atomic mass is 10.1. The number of hydrogen-bond acceptors (Lipinski definition) is 3. The maximum atomic E-state index is 12.2. The van der Waals surface area contributed by atoms with Crippen LogP contribution in [0.25, 0.3) is 10.9 Å². The minimum atomic E-state index is -0.697. The average Bonchev–Trinajstić information content (AvgIpc) is 2.55. The highest BCUT2D eigenvalue weighted by Gasteiger charge is 2.15. The van der Waals surface area contributed by atoms with Crippen LogP contribution in [0.4, 0.5) is 5.69 Å².